The minimum absolute atomic E-state index is 0.0246. The predicted molar refractivity (Wildman–Crippen MR) is 102 cm³/mol. The topological polar surface area (TPSA) is 83.8 Å². The zero-order chi connectivity index (χ0) is 17.7. The zero-order valence-corrected chi connectivity index (χ0v) is 15.7. The van der Waals surface area contributed by atoms with Gasteiger partial charge < -0.3 is 16.0 Å². The summed E-state index contributed by atoms with van der Waals surface area (Å²) in [5.41, 5.74) is 7.50. The van der Waals surface area contributed by atoms with Crippen molar-refractivity contribution in [3.63, 3.8) is 0 Å². The normalized spacial score (nSPS) is 15.4. The lowest BCUT2D eigenvalue weighted by molar-refractivity contribution is -0.120. The predicted octanol–water partition coefficient (Wildman–Crippen LogP) is 3.24. The lowest BCUT2D eigenvalue weighted by Gasteiger charge is -2.31. The van der Waals surface area contributed by atoms with Gasteiger partial charge in [-0.05, 0) is 38.3 Å². The molecule has 2 rings (SSSR count). The minimum atomic E-state index is -0.339. The number of thioether (sulfide) groups is 1. The van der Waals surface area contributed by atoms with Crippen molar-refractivity contribution in [1.29, 1.82) is 0 Å². The van der Waals surface area contributed by atoms with Gasteiger partial charge >= 0.3 is 0 Å². The Labute approximate surface area is 148 Å². The largest absolute Gasteiger partial charge is 0.349 e. The highest BCUT2D eigenvalue weighted by atomic mass is 32.2. The van der Waals surface area contributed by atoms with Crippen molar-refractivity contribution < 1.29 is 4.79 Å². The lowest BCUT2D eigenvalue weighted by atomic mass is 9.91. The molecule has 4 N–H and O–H groups in total. The van der Waals surface area contributed by atoms with Crippen LogP contribution in [0.5, 0.6) is 0 Å². The summed E-state index contributed by atoms with van der Waals surface area (Å²) in [5, 5.41) is 3.22. The Morgan fingerprint density at radius 3 is 2.71 bits per heavy atom. The van der Waals surface area contributed by atoms with Crippen molar-refractivity contribution in [1.82, 2.24) is 15.3 Å². The van der Waals surface area contributed by atoms with Crippen molar-refractivity contribution >= 4 is 28.7 Å². The highest BCUT2D eigenvalue weighted by Crippen LogP contribution is 2.27. The fraction of sp³-hybridized carbons (Fsp3) is 0.556. The van der Waals surface area contributed by atoms with Crippen LogP contribution in [0.1, 0.15) is 45.2 Å². The molecular weight excluding hydrogens is 320 g/mol. The number of para-hydroxylation sites is 2. The van der Waals surface area contributed by atoms with E-state index < -0.39 is 0 Å². The number of rotatable bonds is 8. The number of carbonyl (C=O) groups is 1. The molecule has 0 bridgehead atoms. The van der Waals surface area contributed by atoms with E-state index in [-0.39, 0.29) is 16.7 Å². The van der Waals surface area contributed by atoms with Crippen molar-refractivity contribution in [3.8, 4) is 0 Å². The lowest BCUT2D eigenvalue weighted by Crippen LogP contribution is -2.52. The molecule has 1 aromatic carbocycles. The fourth-order valence-corrected chi connectivity index (χ4v) is 3.65. The molecule has 0 radical (unpaired) electrons. The molecule has 6 heteroatoms. The van der Waals surface area contributed by atoms with Gasteiger partial charge in [-0.1, -0.05) is 26.0 Å². The summed E-state index contributed by atoms with van der Waals surface area (Å²) in [6.07, 6.45) is 0.874. The Bertz CT molecular complexity index is 651. The molecule has 1 heterocycles. The van der Waals surface area contributed by atoms with E-state index in [1.165, 1.54) is 0 Å². The Balaban J connectivity index is 1.90. The molecule has 0 saturated carbocycles. The van der Waals surface area contributed by atoms with Gasteiger partial charge in [-0.2, -0.15) is 0 Å². The molecule has 0 saturated heterocycles. The maximum atomic E-state index is 12.3. The van der Waals surface area contributed by atoms with Crippen LogP contribution in [0.15, 0.2) is 24.3 Å². The van der Waals surface area contributed by atoms with Gasteiger partial charge in [0.25, 0.3) is 0 Å². The quantitative estimate of drug-likeness (QED) is 0.684. The number of aromatic amines is 1. The van der Waals surface area contributed by atoms with Crippen LogP contribution in [0.4, 0.5) is 0 Å². The monoisotopic (exact) mass is 348 g/mol. The van der Waals surface area contributed by atoms with E-state index in [0.29, 0.717) is 18.2 Å². The summed E-state index contributed by atoms with van der Waals surface area (Å²) in [4.78, 5) is 20.2. The summed E-state index contributed by atoms with van der Waals surface area (Å²) in [7, 11) is 0. The molecule has 2 aromatic rings. The van der Waals surface area contributed by atoms with Crippen molar-refractivity contribution in [3.05, 3.63) is 30.1 Å². The number of nitrogens with one attached hydrogen (secondary N) is 2. The van der Waals surface area contributed by atoms with Crippen LogP contribution in [0.2, 0.25) is 0 Å². The zero-order valence-electron chi connectivity index (χ0n) is 14.9. The molecule has 1 amide bonds. The van der Waals surface area contributed by atoms with Gasteiger partial charge in [0.15, 0.2) is 0 Å². The van der Waals surface area contributed by atoms with Gasteiger partial charge in [-0.3, -0.25) is 4.79 Å². The van der Waals surface area contributed by atoms with E-state index in [9.17, 15) is 4.79 Å². The number of benzene rings is 1. The minimum Gasteiger partial charge on any atom is -0.349 e. The van der Waals surface area contributed by atoms with Crippen LogP contribution < -0.4 is 11.1 Å². The molecule has 5 nitrogen and oxygen atoms in total. The molecular formula is C18H28N4OS. The fourth-order valence-electron chi connectivity index (χ4n) is 2.90. The van der Waals surface area contributed by atoms with Gasteiger partial charge in [0.2, 0.25) is 5.91 Å². The van der Waals surface area contributed by atoms with Gasteiger partial charge in [0.1, 0.15) is 5.82 Å². The third-order valence-electron chi connectivity index (χ3n) is 4.01. The van der Waals surface area contributed by atoms with Crippen LogP contribution in [0.25, 0.3) is 11.0 Å². The number of nitrogens with two attached hydrogens (primary N) is 1. The molecule has 1 aromatic heterocycles. The number of imidazole rings is 1. The number of hydrogen-bond acceptors (Lipinski definition) is 4. The molecule has 0 fully saturated rings. The molecule has 0 aliphatic rings. The van der Waals surface area contributed by atoms with E-state index in [2.05, 4.69) is 36.1 Å². The van der Waals surface area contributed by atoms with Gasteiger partial charge in [-0.15, -0.1) is 11.8 Å². The highest BCUT2D eigenvalue weighted by Gasteiger charge is 2.26. The van der Waals surface area contributed by atoms with Crippen LogP contribution >= 0.6 is 11.8 Å². The Morgan fingerprint density at radius 2 is 2.08 bits per heavy atom. The molecule has 132 valence electrons. The second-order valence-corrected chi connectivity index (χ2v) is 8.33. The van der Waals surface area contributed by atoms with Crippen LogP contribution in [0, 0.1) is 5.92 Å². The first kappa shape index (κ1) is 18.8. The van der Waals surface area contributed by atoms with Crippen LogP contribution in [-0.4, -0.2) is 33.7 Å². The third kappa shape index (κ3) is 4.98. The summed E-state index contributed by atoms with van der Waals surface area (Å²) in [6, 6.07) is 7.95. The van der Waals surface area contributed by atoms with Gasteiger partial charge in [-0.25, -0.2) is 4.98 Å². The number of hydrogen-bond donors (Lipinski definition) is 3. The third-order valence-corrected chi connectivity index (χ3v) is 5.16. The average Bonchev–Trinajstić information content (AvgIpc) is 2.96. The number of nitrogens with zero attached hydrogens (tertiary/aromatic N) is 1. The Hall–Kier alpha value is -1.53. The molecule has 2 atom stereocenters. The summed E-state index contributed by atoms with van der Waals surface area (Å²) in [6.45, 7) is 8.79. The molecule has 0 aliphatic carbocycles. The Kier molecular flexibility index (Phi) is 6.29. The second-order valence-electron chi connectivity index (χ2n) is 7.00. The molecule has 0 spiro atoms. The second kappa shape index (κ2) is 8.03. The van der Waals surface area contributed by atoms with Gasteiger partial charge in [0, 0.05) is 12.1 Å². The first-order valence-corrected chi connectivity index (χ1v) is 9.45. The van der Waals surface area contributed by atoms with Crippen molar-refractivity contribution in [2.24, 2.45) is 11.7 Å². The molecule has 24 heavy (non-hydrogen) atoms. The number of aromatic nitrogens is 2. The summed E-state index contributed by atoms with van der Waals surface area (Å²) < 4.78 is 0. The number of fused-ring (bicyclic) bond motifs is 1. The first-order chi connectivity index (χ1) is 11.3. The summed E-state index contributed by atoms with van der Waals surface area (Å²) >= 11 is 1.58. The molecule has 0 aliphatic heterocycles. The van der Waals surface area contributed by atoms with E-state index in [4.69, 9.17) is 5.73 Å². The number of H-pyrrole nitrogens is 1. The van der Waals surface area contributed by atoms with Crippen molar-refractivity contribution in [2.45, 2.75) is 44.9 Å². The summed E-state index contributed by atoms with van der Waals surface area (Å²) in [5.74, 6) is 1.81. The molecule has 2 unspecified atom stereocenters. The van der Waals surface area contributed by atoms with Crippen molar-refractivity contribution in [2.75, 3.05) is 12.3 Å². The SMILES string of the molecule is CC(C)CC(C)(CN)NC(=O)CSC(C)c1nc2ccccc2[nH]1. The van der Waals surface area contributed by atoms with E-state index in [0.717, 1.165) is 23.3 Å². The number of amides is 1. The van der Waals surface area contributed by atoms with Gasteiger partial charge in [0.05, 0.1) is 22.0 Å². The maximum absolute atomic E-state index is 12.3. The van der Waals surface area contributed by atoms with E-state index in [1.807, 2.05) is 31.2 Å². The maximum Gasteiger partial charge on any atom is 0.230 e. The average molecular weight is 349 g/mol. The highest BCUT2D eigenvalue weighted by molar-refractivity contribution is 8.00. The van der Waals surface area contributed by atoms with E-state index in [1.54, 1.807) is 11.8 Å². The smallest absolute Gasteiger partial charge is 0.230 e. The Morgan fingerprint density at radius 1 is 1.38 bits per heavy atom. The van der Waals surface area contributed by atoms with Crippen LogP contribution in [0.3, 0.4) is 0 Å². The number of carbonyl (C=O) groups excluding carboxylic acids is 1. The standard InChI is InChI=1S/C18H28N4OS/c1-12(2)9-18(4,11-19)22-16(23)10-24-13(3)17-20-14-7-5-6-8-15(14)21-17/h5-8,12-13H,9-11,19H2,1-4H3,(H,20,21)(H,22,23). The first-order valence-electron chi connectivity index (χ1n) is 8.40. The van der Waals surface area contributed by atoms with E-state index >= 15 is 0 Å². The van der Waals surface area contributed by atoms with Crippen LogP contribution in [-0.2, 0) is 4.79 Å².